The number of hydrogen-bond donors (Lipinski definition) is 1. The summed E-state index contributed by atoms with van der Waals surface area (Å²) >= 11 is 0. The van der Waals surface area contributed by atoms with Crippen molar-refractivity contribution < 1.29 is 14.6 Å². The first-order valence-corrected chi connectivity index (χ1v) is 6.89. The minimum Gasteiger partial charge on any atom is -0.480 e. The van der Waals surface area contributed by atoms with Crippen molar-refractivity contribution in [3.63, 3.8) is 0 Å². The van der Waals surface area contributed by atoms with Crippen molar-refractivity contribution in [1.29, 1.82) is 0 Å². The summed E-state index contributed by atoms with van der Waals surface area (Å²) in [6, 6.07) is 7.78. The summed E-state index contributed by atoms with van der Waals surface area (Å²) < 4.78 is 5.81. The van der Waals surface area contributed by atoms with Crippen LogP contribution < -0.4 is 4.74 Å². The third-order valence-corrected chi connectivity index (χ3v) is 4.23. The average molecular weight is 261 g/mol. The Hall–Kier alpha value is -1.55. The van der Waals surface area contributed by atoms with Gasteiger partial charge in [-0.2, -0.15) is 0 Å². The molecule has 1 saturated heterocycles. The van der Waals surface area contributed by atoms with E-state index in [4.69, 9.17) is 4.74 Å². The molecule has 19 heavy (non-hydrogen) atoms. The van der Waals surface area contributed by atoms with E-state index in [0.29, 0.717) is 0 Å². The van der Waals surface area contributed by atoms with Gasteiger partial charge < -0.3 is 14.7 Å². The van der Waals surface area contributed by atoms with Gasteiger partial charge in [-0.3, -0.25) is 4.79 Å². The number of ether oxygens (including phenoxy) is 1. The van der Waals surface area contributed by atoms with Crippen LogP contribution in [0.5, 0.6) is 5.75 Å². The summed E-state index contributed by atoms with van der Waals surface area (Å²) in [6.07, 6.45) is 1.41. The van der Waals surface area contributed by atoms with Crippen LogP contribution in [-0.4, -0.2) is 41.2 Å². The lowest BCUT2D eigenvalue weighted by atomic mass is 9.96. The van der Waals surface area contributed by atoms with Crippen molar-refractivity contribution in [3.8, 4) is 5.75 Å². The van der Waals surface area contributed by atoms with Crippen molar-refractivity contribution in [2.24, 2.45) is 0 Å². The van der Waals surface area contributed by atoms with Gasteiger partial charge in [-0.25, -0.2) is 0 Å². The highest BCUT2D eigenvalue weighted by Crippen LogP contribution is 2.38. The van der Waals surface area contributed by atoms with E-state index in [9.17, 15) is 9.90 Å². The van der Waals surface area contributed by atoms with Gasteiger partial charge in [0.15, 0.2) is 6.10 Å². The van der Waals surface area contributed by atoms with E-state index in [1.165, 1.54) is 0 Å². The van der Waals surface area contributed by atoms with Gasteiger partial charge in [-0.1, -0.05) is 25.1 Å². The maximum absolute atomic E-state index is 12.6. The Balaban J connectivity index is 1.79. The molecule has 4 nitrogen and oxygen atoms in total. The number of benzene rings is 1. The standard InChI is InChI=1S/C15H19NO3/c1-10-12-6-2-3-7-13(12)19-14(10)15(18)16-8-4-5-11(16)9-17/h2-3,6-7,10-11,14,17H,4-5,8-9H2,1H3/t10?,11-,14?/m0/s1. The minimum absolute atomic E-state index is 0.0141. The fraction of sp³-hybridized carbons (Fsp3) is 0.533. The van der Waals surface area contributed by atoms with Crippen LogP contribution in [0.4, 0.5) is 0 Å². The topological polar surface area (TPSA) is 49.8 Å². The summed E-state index contributed by atoms with van der Waals surface area (Å²) in [5, 5.41) is 9.33. The van der Waals surface area contributed by atoms with Crippen LogP contribution in [0.3, 0.4) is 0 Å². The number of aliphatic hydroxyl groups excluding tert-OH is 1. The lowest BCUT2D eigenvalue weighted by molar-refractivity contribution is -0.140. The van der Waals surface area contributed by atoms with Gasteiger partial charge in [0.2, 0.25) is 0 Å². The molecule has 2 aliphatic rings. The van der Waals surface area contributed by atoms with Crippen molar-refractivity contribution >= 4 is 5.91 Å². The Morgan fingerprint density at radius 1 is 1.47 bits per heavy atom. The van der Waals surface area contributed by atoms with Crippen molar-refractivity contribution in [1.82, 2.24) is 4.90 Å². The third-order valence-electron chi connectivity index (χ3n) is 4.23. The lowest BCUT2D eigenvalue weighted by Crippen LogP contribution is -2.46. The summed E-state index contributed by atoms with van der Waals surface area (Å²) in [7, 11) is 0. The fourth-order valence-corrected chi connectivity index (χ4v) is 3.11. The molecule has 4 heteroatoms. The molecule has 0 bridgehead atoms. The highest BCUT2D eigenvalue weighted by atomic mass is 16.5. The first-order valence-electron chi connectivity index (χ1n) is 6.89. The Kier molecular flexibility index (Phi) is 3.19. The van der Waals surface area contributed by atoms with Crippen LogP contribution in [0.2, 0.25) is 0 Å². The number of nitrogens with zero attached hydrogens (tertiary/aromatic N) is 1. The van der Waals surface area contributed by atoms with Gasteiger partial charge in [0, 0.05) is 18.0 Å². The Bertz CT molecular complexity index is 488. The highest BCUT2D eigenvalue weighted by molar-refractivity contribution is 5.84. The summed E-state index contributed by atoms with van der Waals surface area (Å²) in [5.74, 6) is 0.900. The zero-order valence-corrected chi connectivity index (χ0v) is 11.1. The molecule has 0 spiro atoms. The molecule has 0 saturated carbocycles. The van der Waals surface area contributed by atoms with Crippen molar-refractivity contribution in [2.75, 3.05) is 13.2 Å². The van der Waals surface area contributed by atoms with E-state index in [1.54, 1.807) is 4.90 Å². The Labute approximate surface area is 113 Å². The number of hydrogen-bond acceptors (Lipinski definition) is 3. The number of para-hydroxylation sites is 1. The predicted molar refractivity (Wildman–Crippen MR) is 71.1 cm³/mol. The number of amides is 1. The van der Waals surface area contributed by atoms with E-state index < -0.39 is 6.10 Å². The molecule has 2 unspecified atom stereocenters. The minimum atomic E-state index is -0.440. The average Bonchev–Trinajstić information content (AvgIpc) is 3.03. The monoisotopic (exact) mass is 261 g/mol. The molecule has 1 aromatic carbocycles. The number of carbonyl (C=O) groups excluding carboxylic acids is 1. The Morgan fingerprint density at radius 3 is 3.00 bits per heavy atom. The number of rotatable bonds is 2. The highest BCUT2D eigenvalue weighted by Gasteiger charge is 2.41. The zero-order valence-electron chi connectivity index (χ0n) is 11.1. The van der Waals surface area contributed by atoms with E-state index in [2.05, 4.69) is 0 Å². The van der Waals surface area contributed by atoms with Crippen LogP contribution in [0.25, 0.3) is 0 Å². The number of carbonyl (C=O) groups is 1. The second-order valence-electron chi connectivity index (χ2n) is 5.38. The summed E-state index contributed by atoms with van der Waals surface area (Å²) in [6.45, 7) is 2.80. The molecule has 102 valence electrons. The Morgan fingerprint density at radius 2 is 2.26 bits per heavy atom. The maximum Gasteiger partial charge on any atom is 0.264 e. The third kappa shape index (κ3) is 2.00. The molecule has 3 rings (SSSR count). The summed E-state index contributed by atoms with van der Waals surface area (Å²) in [5.41, 5.74) is 1.10. The van der Waals surface area contributed by atoms with Gasteiger partial charge in [-0.15, -0.1) is 0 Å². The maximum atomic E-state index is 12.6. The SMILES string of the molecule is CC1c2ccccc2OC1C(=O)N1CCC[C@H]1CO. The normalized spacial score (nSPS) is 29.2. The fourth-order valence-electron chi connectivity index (χ4n) is 3.11. The van der Waals surface area contributed by atoms with E-state index in [-0.39, 0.29) is 24.5 Å². The largest absolute Gasteiger partial charge is 0.480 e. The van der Waals surface area contributed by atoms with Gasteiger partial charge in [0.1, 0.15) is 5.75 Å². The van der Waals surface area contributed by atoms with E-state index in [1.807, 2.05) is 31.2 Å². The second kappa shape index (κ2) is 4.85. The van der Waals surface area contributed by atoms with Crippen LogP contribution >= 0.6 is 0 Å². The quantitative estimate of drug-likeness (QED) is 0.878. The van der Waals surface area contributed by atoms with E-state index >= 15 is 0 Å². The molecule has 0 aliphatic carbocycles. The number of likely N-dealkylation sites (tertiary alicyclic amines) is 1. The second-order valence-corrected chi connectivity index (χ2v) is 5.38. The van der Waals surface area contributed by atoms with Crippen molar-refractivity contribution in [3.05, 3.63) is 29.8 Å². The molecule has 0 aromatic heterocycles. The molecule has 1 N–H and O–H groups in total. The van der Waals surface area contributed by atoms with Gasteiger partial charge in [0.05, 0.1) is 12.6 Å². The smallest absolute Gasteiger partial charge is 0.264 e. The van der Waals surface area contributed by atoms with Gasteiger partial charge >= 0.3 is 0 Å². The molecule has 1 aromatic rings. The molecule has 2 heterocycles. The van der Waals surface area contributed by atoms with E-state index in [0.717, 1.165) is 30.7 Å². The molecular formula is C15H19NO3. The molecule has 1 fully saturated rings. The molecule has 2 aliphatic heterocycles. The lowest BCUT2D eigenvalue weighted by Gasteiger charge is -2.27. The van der Waals surface area contributed by atoms with Crippen LogP contribution in [0.1, 0.15) is 31.2 Å². The number of aliphatic hydroxyl groups is 1. The zero-order chi connectivity index (χ0) is 13.4. The van der Waals surface area contributed by atoms with Gasteiger partial charge in [0.25, 0.3) is 5.91 Å². The predicted octanol–water partition coefficient (Wildman–Crippen LogP) is 1.53. The molecule has 3 atom stereocenters. The number of fused-ring (bicyclic) bond motifs is 1. The first-order chi connectivity index (χ1) is 9.22. The molecule has 0 radical (unpaired) electrons. The van der Waals surface area contributed by atoms with Crippen LogP contribution in [0, 0.1) is 0 Å². The van der Waals surface area contributed by atoms with Crippen LogP contribution in [-0.2, 0) is 4.79 Å². The summed E-state index contributed by atoms with van der Waals surface area (Å²) in [4.78, 5) is 14.4. The molecule has 1 amide bonds. The molecular weight excluding hydrogens is 242 g/mol. The first kappa shape index (κ1) is 12.5. The van der Waals surface area contributed by atoms with Crippen LogP contribution in [0.15, 0.2) is 24.3 Å². The van der Waals surface area contributed by atoms with Gasteiger partial charge in [-0.05, 0) is 18.9 Å². The van der Waals surface area contributed by atoms with Crippen molar-refractivity contribution in [2.45, 2.75) is 37.8 Å².